The molecule has 2 unspecified atom stereocenters. The summed E-state index contributed by atoms with van der Waals surface area (Å²) in [5, 5.41) is 2.91. The molecule has 6 heteroatoms. The number of amides is 1. The monoisotopic (exact) mass is 355 g/mol. The molecule has 1 aromatic carbocycles. The number of nitrogens with zero attached hydrogens (tertiary/aromatic N) is 1. The molecule has 0 radical (unpaired) electrons. The molecular formula is C17H23Cl2N3O. The lowest BCUT2D eigenvalue weighted by atomic mass is 9.94. The van der Waals surface area contributed by atoms with E-state index in [1.807, 2.05) is 56.3 Å². The largest absolute Gasteiger partial charge is 0.350 e. The molecule has 23 heavy (non-hydrogen) atoms. The van der Waals surface area contributed by atoms with Crippen molar-refractivity contribution in [3.05, 3.63) is 65.5 Å². The molecule has 0 spiro atoms. The van der Waals surface area contributed by atoms with Crippen molar-refractivity contribution in [1.29, 1.82) is 0 Å². The Morgan fingerprint density at radius 1 is 1.17 bits per heavy atom. The standard InChI is InChI=1S/C17H21N3O.2ClH/c1-12-7-6-10-19-15(12)11-20-17(21)13(2)16(18)14-8-4-3-5-9-14;;/h3-10,13,16H,11,18H2,1-2H3,(H,20,21);2*1H. The van der Waals surface area contributed by atoms with Gasteiger partial charge in [-0.15, -0.1) is 24.8 Å². The minimum absolute atomic E-state index is 0. The van der Waals surface area contributed by atoms with Gasteiger partial charge in [-0.25, -0.2) is 0 Å². The van der Waals surface area contributed by atoms with Crippen LogP contribution in [0.2, 0.25) is 0 Å². The number of aryl methyl sites for hydroxylation is 1. The zero-order valence-electron chi connectivity index (χ0n) is 13.2. The second-order valence-electron chi connectivity index (χ2n) is 5.21. The molecule has 0 aliphatic rings. The number of aromatic nitrogens is 1. The lowest BCUT2D eigenvalue weighted by Gasteiger charge is -2.20. The Hall–Kier alpha value is -1.62. The predicted octanol–water partition coefficient (Wildman–Crippen LogP) is 3.19. The number of benzene rings is 1. The fraction of sp³-hybridized carbons (Fsp3) is 0.294. The van der Waals surface area contributed by atoms with Gasteiger partial charge in [0.25, 0.3) is 0 Å². The van der Waals surface area contributed by atoms with Crippen molar-refractivity contribution in [2.24, 2.45) is 11.7 Å². The number of carbonyl (C=O) groups is 1. The molecular weight excluding hydrogens is 333 g/mol. The fourth-order valence-corrected chi connectivity index (χ4v) is 2.16. The number of hydrogen-bond donors (Lipinski definition) is 2. The van der Waals surface area contributed by atoms with Crippen LogP contribution in [0.1, 0.15) is 29.8 Å². The zero-order chi connectivity index (χ0) is 15.2. The maximum Gasteiger partial charge on any atom is 0.225 e. The lowest BCUT2D eigenvalue weighted by molar-refractivity contribution is -0.125. The minimum atomic E-state index is -0.309. The third-order valence-corrected chi connectivity index (χ3v) is 3.68. The highest BCUT2D eigenvalue weighted by molar-refractivity contribution is 5.85. The van der Waals surface area contributed by atoms with Crippen LogP contribution in [0.5, 0.6) is 0 Å². The van der Waals surface area contributed by atoms with Crippen LogP contribution in [0.4, 0.5) is 0 Å². The summed E-state index contributed by atoms with van der Waals surface area (Å²) in [6, 6.07) is 13.2. The Labute approximate surface area is 149 Å². The van der Waals surface area contributed by atoms with E-state index in [1.165, 1.54) is 0 Å². The normalized spacial score (nSPS) is 12.3. The number of carbonyl (C=O) groups excluding carboxylic acids is 1. The van der Waals surface area contributed by atoms with E-state index >= 15 is 0 Å². The molecule has 1 heterocycles. The molecule has 4 nitrogen and oxygen atoms in total. The molecule has 2 rings (SSSR count). The molecule has 3 N–H and O–H groups in total. The quantitative estimate of drug-likeness (QED) is 0.865. The van der Waals surface area contributed by atoms with Crippen LogP contribution in [-0.4, -0.2) is 10.9 Å². The minimum Gasteiger partial charge on any atom is -0.350 e. The summed E-state index contributed by atoms with van der Waals surface area (Å²) in [7, 11) is 0. The highest BCUT2D eigenvalue weighted by atomic mass is 35.5. The van der Waals surface area contributed by atoms with Crippen LogP contribution in [0.3, 0.4) is 0 Å². The van der Waals surface area contributed by atoms with Gasteiger partial charge in [0.2, 0.25) is 5.91 Å². The SMILES string of the molecule is Cc1cccnc1CNC(=O)C(C)C(N)c1ccccc1.Cl.Cl. The van der Waals surface area contributed by atoms with E-state index in [4.69, 9.17) is 5.73 Å². The smallest absolute Gasteiger partial charge is 0.225 e. The number of hydrogen-bond acceptors (Lipinski definition) is 3. The van der Waals surface area contributed by atoms with Gasteiger partial charge in [-0.2, -0.15) is 0 Å². The van der Waals surface area contributed by atoms with E-state index in [0.29, 0.717) is 6.54 Å². The number of nitrogens with two attached hydrogens (primary N) is 1. The summed E-state index contributed by atoms with van der Waals surface area (Å²) in [6.07, 6.45) is 1.73. The van der Waals surface area contributed by atoms with Crippen molar-refractivity contribution < 1.29 is 4.79 Å². The van der Waals surface area contributed by atoms with Crippen LogP contribution in [0.25, 0.3) is 0 Å². The summed E-state index contributed by atoms with van der Waals surface area (Å²) in [4.78, 5) is 16.5. The van der Waals surface area contributed by atoms with Gasteiger partial charge in [-0.1, -0.05) is 43.3 Å². The topological polar surface area (TPSA) is 68.0 Å². The van der Waals surface area contributed by atoms with Crippen molar-refractivity contribution in [3.8, 4) is 0 Å². The van der Waals surface area contributed by atoms with Gasteiger partial charge in [0.05, 0.1) is 18.2 Å². The van der Waals surface area contributed by atoms with E-state index in [9.17, 15) is 4.79 Å². The molecule has 1 aromatic heterocycles. The average molecular weight is 356 g/mol. The summed E-state index contributed by atoms with van der Waals surface area (Å²) < 4.78 is 0. The maximum absolute atomic E-state index is 12.2. The molecule has 126 valence electrons. The summed E-state index contributed by atoms with van der Waals surface area (Å²) >= 11 is 0. The van der Waals surface area contributed by atoms with Crippen molar-refractivity contribution in [2.75, 3.05) is 0 Å². The molecule has 0 aliphatic heterocycles. The van der Waals surface area contributed by atoms with Gasteiger partial charge >= 0.3 is 0 Å². The van der Waals surface area contributed by atoms with Crippen LogP contribution in [0.15, 0.2) is 48.7 Å². The fourth-order valence-electron chi connectivity index (χ4n) is 2.16. The lowest BCUT2D eigenvalue weighted by Crippen LogP contribution is -2.35. The zero-order valence-corrected chi connectivity index (χ0v) is 14.9. The number of halogens is 2. The first-order valence-corrected chi connectivity index (χ1v) is 7.08. The van der Waals surface area contributed by atoms with E-state index < -0.39 is 0 Å². The van der Waals surface area contributed by atoms with Crippen LogP contribution in [0, 0.1) is 12.8 Å². The van der Waals surface area contributed by atoms with E-state index in [1.54, 1.807) is 6.20 Å². The molecule has 2 atom stereocenters. The van der Waals surface area contributed by atoms with Gasteiger partial charge < -0.3 is 11.1 Å². The van der Waals surface area contributed by atoms with Crippen molar-refractivity contribution in [1.82, 2.24) is 10.3 Å². The van der Waals surface area contributed by atoms with Crippen molar-refractivity contribution >= 4 is 30.7 Å². The van der Waals surface area contributed by atoms with Gasteiger partial charge in [0.1, 0.15) is 0 Å². The van der Waals surface area contributed by atoms with E-state index in [2.05, 4.69) is 10.3 Å². The van der Waals surface area contributed by atoms with Gasteiger partial charge in [-0.3, -0.25) is 9.78 Å². The van der Waals surface area contributed by atoms with Gasteiger partial charge in [-0.05, 0) is 24.1 Å². The number of rotatable bonds is 5. The summed E-state index contributed by atoms with van der Waals surface area (Å²) in [5.74, 6) is -0.354. The number of nitrogens with one attached hydrogen (secondary N) is 1. The van der Waals surface area contributed by atoms with Crippen molar-refractivity contribution in [3.63, 3.8) is 0 Å². The molecule has 0 fully saturated rings. The first-order chi connectivity index (χ1) is 10.1. The first-order valence-electron chi connectivity index (χ1n) is 7.08. The second kappa shape index (κ2) is 10.2. The maximum atomic E-state index is 12.2. The Bertz CT molecular complexity index is 608. The molecule has 1 amide bonds. The third-order valence-electron chi connectivity index (χ3n) is 3.68. The molecule has 0 bridgehead atoms. The summed E-state index contributed by atoms with van der Waals surface area (Å²) in [5.41, 5.74) is 9.08. The van der Waals surface area contributed by atoms with E-state index in [0.717, 1.165) is 16.8 Å². The highest BCUT2D eigenvalue weighted by Gasteiger charge is 2.21. The Balaban J connectivity index is 0.00000242. The summed E-state index contributed by atoms with van der Waals surface area (Å²) in [6.45, 7) is 4.25. The third kappa shape index (κ3) is 5.82. The van der Waals surface area contributed by atoms with Gasteiger partial charge in [0, 0.05) is 12.2 Å². The van der Waals surface area contributed by atoms with Crippen LogP contribution >= 0.6 is 24.8 Å². The van der Waals surface area contributed by atoms with Crippen LogP contribution < -0.4 is 11.1 Å². The highest BCUT2D eigenvalue weighted by Crippen LogP contribution is 2.19. The predicted molar refractivity (Wildman–Crippen MR) is 97.9 cm³/mol. The molecule has 0 aliphatic carbocycles. The molecule has 0 saturated carbocycles. The van der Waals surface area contributed by atoms with Gasteiger partial charge in [0.15, 0.2) is 0 Å². The van der Waals surface area contributed by atoms with E-state index in [-0.39, 0.29) is 42.7 Å². The second-order valence-corrected chi connectivity index (χ2v) is 5.21. The Morgan fingerprint density at radius 2 is 1.83 bits per heavy atom. The number of pyridine rings is 1. The molecule has 0 saturated heterocycles. The van der Waals surface area contributed by atoms with Crippen molar-refractivity contribution in [2.45, 2.75) is 26.4 Å². The molecule has 2 aromatic rings. The van der Waals surface area contributed by atoms with Crippen LogP contribution in [-0.2, 0) is 11.3 Å². The first kappa shape index (κ1) is 21.4. The average Bonchev–Trinajstić information content (AvgIpc) is 2.53. The Morgan fingerprint density at radius 3 is 2.43 bits per heavy atom. The Kier molecular flexibility index (Phi) is 9.49.